The molecule has 0 aliphatic carbocycles. The summed E-state index contributed by atoms with van der Waals surface area (Å²) in [5.74, 6) is -0.461. The summed E-state index contributed by atoms with van der Waals surface area (Å²) < 4.78 is 7.49. The van der Waals surface area contributed by atoms with E-state index in [0.717, 1.165) is 45.4 Å². The smallest absolute Gasteiger partial charge is 0.307 e. The first kappa shape index (κ1) is 22.0. The molecule has 3 rings (SSSR count). The summed E-state index contributed by atoms with van der Waals surface area (Å²) in [6, 6.07) is 10.1. The van der Waals surface area contributed by atoms with Crippen LogP contribution in [-0.4, -0.2) is 31.7 Å². The first-order valence-electron chi connectivity index (χ1n) is 10.4. The molecule has 1 N–H and O–H groups in total. The molecule has 6 nitrogen and oxygen atoms in total. The van der Waals surface area contributed by atoms with Gasteiger partial charge in [0.25, 0.3) is 0 Å². The summed E-state index contributed by atoms with van der Waals surface area (Å²) in [4.78, 5) is 12.8. The zero-order valence-electron chi connectivity index (χ0n) is 18.7. The largest absolute Gasteiger partial charge is 0.460 e. The van der Waals surface area contributed by atoms with E-state index < -0.39 is 5.60 Å². The minimum atomic E-state index is -0.548. The first-order valence-corrected chi connectivity index (χ1v) is 10.4. The van der Waals surface area contributed by atoms with Crippen molar-refractivity contribution in [3.63, 3.8) is 0 Å². The van der Waals surface area contributed by atoms with Gasteiger partial charge in [0.2, 0.25) is 0 Å². The average molecular weight is 410 g/mol. The van der Waals surface area contributed by atoms with Gasteiger partial charge in [-0.25, -0.2) is 4.68 Å². The quantitative estimate of drug-likeness (QED) is 0.610. The SMILES string of the molecule is CCn1nnc2c(C)c([C@@H](CC(=O)OC(C)(C)C)c3ccc(C)c(CO)c3)ccc21. The van der Waals surface area contributed by atoms with Crippen LogP contribution in [0.2, 0.25) is 0 Å². The maximum atomic E-state index is 12.8. The number of carbonyl (C=O) groups is 1. The highest BCUT2D eigenvalue weighted by Gasteiger charge is 2.26. The number of aliphatic hydroxyl groups excluding tert-OH is 1. The molecule has 0 aliphatic rings. The van der Waals surface area contributed by atoms with Gasteiger partial charge < -0.3 is 9.84 Å². The van der Waals surface area contributed by atoms with Crippen molar-refractivity contribution in [2.75, 3.05) is 0 Å². The van der Waals surface area contributed by atoms with Crippen LogP contribution >= 0.6 is 0 Å². The van der Waals surface area contributed by atoms with E-state index in [1.165, 1.54) is 0 Å². The van der Waals surface area contributed by atoms with Crippen molar-refractivity contribution in [1.82, 2.24) is 15.0 Å². The Morgan fingerprint density at radius 2 is 1.93 bits per heavy atom. The maximum Gasteiger partial charge on any atom is 0.307 e. The molecule has 30 heavy (non-hydrogen) atoms. The number of aliphatic hydroxyl groups is 1. The van der Waals surface area contributed by atoms with E-state index in [4.69, 9.17) is 4.74 Å². The van der Waals surface area contributed by atoms with E-state index in [1.54, 1.807) is 0 Å². The van der Waals surface area contributed by atoms with Gasteiger partial charge in [0.05, 0.1) is 18.5 Å². The molecule has 0 aliphatic heterocycles. The highest BCUT2D eigenvalue weighted by atomic mass is 16.6. The zero-order chi connectivity index (χ0) is 22.1. The molecule has 6 heteroatoms. The maximum absolute atomic E-state index is 12.8. The molecule has 0 spiro atoms. The molecule has 160 valence electrons. The van der Waals surface area contributed by atoms with Gasteiger partial charge in [-0.3, -0.25) is 4.79 Å². The number of hydrogen-bond donors (Lipinski definition) is 1. The van der Waals surface area contributed by atoms with Crippen molar-refractivity contribution in [2.24, 2.45) is 0 Å². The van der Waals surface area contributed by atoms with E-state index >= 15 is 0 Å². The third-order valence-corrected chi connectivity index (χ3v) is 5.39. The molecule has 1 atom stereocenters. The summed E-state index contributed by atoms with van der Waals surface area (Å²) >= 11 is 0. The van der Waals surface area contributed by atoms with Crippen molar-refractivity contribution in [3.8, 4) is 0 Å². The van der Waals surface area contributed by atoms with Crippen molar-refractivity contribution in [3.05, 3.63) is 58.1 Å². The number of fused-ring (bicyclic) bond motifs is 1. The number of esters is 1. The second-order valence-electron chi connectivity index (χ2n) is 8.74. The van der Waals surface area contributed by atoms with Crippen LogP contribution in [0.3, 0.4) is 0 Å². The van der Waals surface area contributed by atoms with Crippen molar-refractivity contribution >= 4 is 17.0 Å². The van der Waals surface area contributed by atoms with E-state index in [9.17, 15) is 9.90 Å². The second-order valence-corrected chi connectivity index (χ2v) is 8.74. The predicted octanol–water partition coefficient (Wildman–Crippen LogP) is 4.42. The number of nitrogens with zero attached hydrogens (tertiary/aromatic N) is 3. The minimum absolute atomic E-state index is 0.0400. The Morgan fingerprint density at radius 1 is 1.20 bits per heavy atom. The van der Waals surface area contributed by atoms with E-state index in [-0.39, 0.29) is 24.9 Å². The van der Waals surface area contributed by atoms with Crippen LogP contribution < -0.4 is 0 Å². The standard InChI is InChI=1S/C24H31N3O3/c1-7-27-21-11-10-19(16(3)23(21)25-26-27)20(13-22(29)30-24(4,5)6)17-9-8-15(2)18(12-17)14-28/h8-12,20,28H,7,13-14H2,1-6H3/t20-/m0/s1. The van der Waals surface area contributed by atoms with Crippen molar-refractivity contribution in [1.29, 1.82) is 0 Å². The van der Waals surface area contributed by atoms with Crippen LogP contribution in [0.4, 0.5) is 0 Å². The third kappa shape index (κ3) is 4.54. The summed E-state index contributed by atoms with van der Waals surface area (Å²) in [5.41, 5.74) is 6.16. The lowest BCUT2D eigenvalue weighted by atomic mass is 9.84. The molecular weight excluding hydrogens is 378 g/mol. The first-order chi connectivity index (χ1) is 14.1. The number of rotatable bonds is 6. The van der Waals surface area contributed by atoms with Gasteiger partial charge in [-0.05, 0) is 75.4 Å². The number of aromatic nitrogens is 3. The average Bonchev–Trinajstić information content (AvgIpc) is 3.10. The number of benzene rings is 2. The molecule has 0 saturated carbocycles. The van der Waals surface area contributed by atoms with Crippen molar-refractivity contribution < 1.29 is 14.6 Å². The normalized spacial score (nSPS) is 12.9. The third-order valence-electron chi connectivity index (χ3n) is 5.39. The van der Waals surface area contributed by atoms with Gasteiger partial charge >= 0.3 is 5.97 Å². The van der Waals surface area contributed by atoms with E-state index in [2.05, 4.69) is 16.4 Å². The Balaban J connectivity index is 2.10. The molecule has 2 aromatic carbocycles. The molecule has 1 heterocycles. The van der Waals surface area contributed by atoms with Gasteiger partial charge in [-0.15, -0.1) is 5.10 Å². The molecule has 0 radical (unpaired) electrons. The zero-order valence-corrected chi connectivity index (χ0v) is 18.7. The molecule has 0 amide bonds. The fraction of sp³-hybridized carbons (Fsp3) is 0.458. The lowest BCUT2D eigenvalue weighted by molar-refractivity contribution is -0.155. The van der Waals surface area contributed by atoms with Gasteiger partial charge in [0.1, 0.15) is 11.1 Å². The molecule has 3 aromatic rings. The van der Waals surface area contributed by atoms with Crippen LogP contribution in [0.1, 0.15) is 67.9 Å². The highest BCUT2D eigenvalue weighted by Crippen LogP contribution is 2.35. The molecule has 0 saturated heterocycles. The van der Waals surface area contributed by atoms with E-state index in [0.29, 0.717) is 0 Å². The molecule has 0 fully saturated rings. The Bertz CT molecular complexity index is 1060. The Hall–Kier alpha value is -2.73. The Morgan fingerprint density at radius 3 is 2.57 bits per heavy atom. The van der Waals surface area contributed by atoms with E-state index in [1.807, 2.05) is 70.5 Å². The van der Waals surface area contributed by atoms with Gasteiger partial charge in [-0.2, -0.15) is 0 Å². The predicted molar refractivity (Wildman–Crippen MR) is 117 cm³/mol. The molecule has 0 unspecified atom stereocenters. The molecule has 0 bridgehead atoms. The van der Waals surface area contributed by atoms with Gasteiger partial charge in [0.15, 0.2) is 0 Å². The van der Waals surface area contributed by atoms with Crippen LogP contribution in [0.15, 0.2) is 30.3 Å². The van der Waals surface area contributed by atoms with Crippen LogP contribution in [0.5, 0.6) is 0 Å². The topological polar surface area (TPSA) is 77.2 Å². The Labute approximate surface area is 177 Å². The fourth-order valence-electron chi connectivity index (χ4n) is 3.83. The van der Waals surface area contributed by atoms with Crippen LogP contribution in [0.25, 0.3) is 11.0 Å². The summed E-state index contributed by atoms with van der Waals surface area (Å²) in [5, 5.41) is 18.4. The summed E-state index contributed by atoms with van der Waals surface area (Å²) in [6.45, 7) is 12.3. The Kier molecular flexibility index (Phi) is 6.27. The highest BCUT2D eigenvalue weighted by molar-refractivity contribution is 5.80. The number of hydrogen-bond acceptors (Lipinski definition) is 5. The fourth-order valence-corrected chi connectivity index (χ4v) is 3.83. The van der Waals surface area contributed by atoms with Crippen molar-refractivity contribution in [2.45, 2.75) is 72.6 Å². The minimum Gasteiger partial charge on any atom is -0.460 e. The number of ether oxygens (including phenoxy) is 1. The number of carbonyl (C=O) groups excluding carboxylic acids is 1. The van der Waals surface area contributed by atoms with Gasteiger partial charge in [-0.1, -0.05) is 29.5 Å². The van der Waals surface area contributed by atoms with Crippen LogP contribution in [-0.2, 0) is 22.7 Å². The monoisotopic (exact) mass is 409 g/mol. The number of aryl methyl sites for hydroxylation is 3. The summed E-state index contributed by atoms with van der Waals surface area (Å²) in [7, 11) is 0. The summed E-state index contributed by atoms with van der Waals surface area (Å²) in [6.07, 6.45) is 0.208. The van der Waals surface area contributed by atoms with Gasteiger partial charge in [0, 0.05) is 12.5 Å². The van der Waals surface area contributed by atoms with Crippen LogP contribution in [0, 0.1) is 13.8 Å². The molecular formula is C24H31N3O3. The second kappa shape index (κ2) is 8.56. The lowest BCUT2D eigenvalue weighted by Crippen LogP contribution is -2.25. The molecule has 1 aromatic heterocycles. The lowest BCUT2D eigenvalue weighted by Gasteiger charge is -2.24.